The van der Waals surface area contributed by atoms with E-state index in [1.807, 2.05) is 6.07 Å². The molecule has 1 aromatic carbocycles. The number of benzene rings is 1. The monoisotopic (exact) mass is 279 g/mol. The van der Waals surface area contributed by atoms with Gasteiger partial charge >= 0.3 is 6.18 Å². The Morgan fingerprint density at radius 2 is 1.85 bits per heavy atom. The van der Waals surface area contributed by atoms with Gasteiger partial charge in [-0.1, -0.05) is 18.2 Å². The van der Waals surface area contributed by atoms with E-state index in [1.165, 1.54) is 4.68 Å². The van der Waals surface area contributed by atoms with Crippen molar-refractivity contribution < 1.29 is 13.2 Å². The van der Waals surface area contributed by atoms with Crippen molar-refractivity contribution in [3.63, 3.8) is 0 Å². The van der Waals surface area contributed by atoms with E-state index >= 15 is 0 Å². The third kappa shape index (κ3) is 2.04. The first kappa shape index (κ1) is 12.4. The Labute approximate surface area is 110 Å². The fourth-order valence-electron chi connectivity index (χ4n) is 1.86. The molecule has 3 aromatic rings. The van der Waals surface area contributed by atoms with Crippen molar-refractivity contribution in [3.05, 3.63) is 42.2 Å². The lowest BCUT2D eigenvalue weighted by atomic mass is 10.2. The highest BCUT2D eigenvalue weighted by molar-refractivity contribution is 5.79. The summed E-state index contributed by atoms with van der Waals surface area (Å²) >= 11 is 0. The third-order valence-electron chi connectivity index (χ3n) is 2.71. The highest BCUT2D eigenvalue weighted by Gasteiger charge is 2.33. The smallest absolute Gasteiger partial charge is 0.368 e. The van der Waals surface area contributed by atoms with E-state index in [0.29, 0.717) is 5.52 Å². The highest BCUT2D eigenvalue weighted by Crippen LogP contribution is 2.29. The van der Waals surface area contributed by atoms with Gasteiger partial charge in [0.25, 0.3) is 0 Å². The van der Waals surface area contributed by atoms with Crippen LogP contribution in [0, 0.1) is 0 Å². The zero-order valence-corrected chi connectivity index (χ0v) is 9.96. The summed E-state index contributed by atoms with van der Waals surface area (Å²) in [7, 11) is 0. The van der Waals surface area contributed by atoms with Gasteiger partial charge in [0.05, 0.1) is 11.7 Å². The molecule has 3 rings (SSSR count). The van der Waals surface area contributed by atoms with Crippen molar-refractivity contribution in [2.24, 2.45) is 0 Å². The molecule has 2 aromatic heterocycles. The predicted octanol–water partition coefficient (Wildman–Crippen LogP) is 2.42. The van der Waals surface area contributed by atoms with Crippen LogP contribution in [0.3, 0.4) is 0 Å². The first-order valence-electron chi connectivity index (χ1n) is 5.60. The molecule has 0 aliphatic rings. The van der Waals surface area contributed by atoms with Crippen LogP contribution in [0.1, 0.15) is 5.69 Å². The third-order valence-corrected chi connectivity index (χ3v) is 2.71. The molecule has 0 radical (unpaired) electrons. The summed E-state index contributed by atoms with van der Waals surface area (Å²) in [5.41, 5.74) is 4.88. The number of nitrogens with two attached hydrogens (primary N) is 1. The van der Waals surface area contributed by atoms with E-state index in [9.17, 15) is 13.2 Å². The second-order valence-corrected chi connectivity index (χ2v) is 4.08. The average Bonchev–Trinajstić information content (AvgIpc) is 2.80. The van der Waals surface area contributed by atoms with Gasteiger partial charge in [-0.15, -0.1) is 0 Å². The quantitative estimate of drug-likeness (QED) is 0.742. The van der Waals surface area contributed by atoms with Crippen LogP contribution >= 0.6 is 0 Å². The van der Waals surface area contributed by atoms with Gasteiger partial charge in [-0.25, -0.2) is 9.67 Å². The van der Waals surface area contributed by atoms with E-state index in [2.05, 4.69) is 15.1 Å². The maximum Gasteiger partial charge on any atom is 0.433 e. The minimum Gasteiger partial charge on any atom is -0.368 e. The number of aromatic nitrogens is 4. The second kappa shape index (κ2) is 4.19. The molecule has 0 bridgehead atoms. The number of nitrogens with zero attached hydrogens (tertiary/aromatic N) is 4. The van der Waals surface area contributed by atoms with Crippen LogP contribution in [0.15, 0.2) is 36.5 Å². The Morgan fingerprint density at radius 1 is 1.10 bits per heavy atom. The van der Waals surface area contributed by atoms with Crippen molar-refractivity contribution in [1.29, 1.82) is 0 Å². The lowest BCUT2D eigenvalue weighted by Crippen LogP contribution is -2.13. The van der Waals surface area contributed by atoms with Crippen LogP contribution in [-0.2, 0) is 6.18 Å². The maximum atomic E-state index is 12.7. The van der Waals surface area contributed by atoms with Crippen molar-refractivity contribution in [1.82, 2.24) is 19.7 Å². The van der Waals surface area contributed by atoms with Crippen molar-refractivity contribution >= 4 is 16.9 Å². The average molecular weight is 279 g/mol. The lowest BCUT2D eigenvalue weighted by Gasteiger charge is -2.09. The Hall–Kier alpha value is -2.64. The summed E-state index contributed by atoms with van der Waals surface area (Å²) in [6.45, 7) is 0. The van der Waals surface area contributed by atoms with Crippen molar-refractivity contribution in [3.8, 4) is 5.82 Å². The van der Waals surface area contributed by atoms with E-state index < -0.39 is 17.8 Å². The van der Waals surface area contributed by atoms with Gasteiger partial charge in [0.1, 0.15) is 0 Å². The Kier molecular flexibility index (Phi) is 2.60. The number of fused-ring (bicyclic) bond motifs is 1. The van der Waals surface area contributed by atoms with Gasteiger partial charge in [0.2, 0.25) is 5.95 Å². The van der Waals surface area contributed by atoms with Crippen LogP contribution in [0.4, 0.5) is 19.1 Å². The molecule has 0 atom stereocenters. The van der Waals surface area contributed by atoms with Crippen LogP contribution in [0.2, 0.25) is 0 Å². The van der Waals surface area contributed by atoms with E-state index in [-0.39, 0.29) is 5.82 Å². The molecule has 0 spiro atoms. The summed E-state index contributed by atoms with van der Waals surface area (Å²) in [4.78, 5) is 7.00. The van der Waals surface area contributed by atoms with Gasteiger partial charge in [-0.05, 0) is 6.07 Å². The molecule has 0 unspecified atom stereocenters. The molecule has 2 heterocycles. The fraction of sp³-hybridized carbons (Fsp3) is 0.0833. The summed E-state index contributed by atoms with van der Waals surface area (Å²) in [5, 5.41) is 4.82. The standard InChI is InChI=1S/C12H8F3N5/c13-12(14,15)9-5-10(19-11(16)18-9)20-8-4-2-1-3-7(8)6-17-20/h1-6H,(H2,16,18,19). The summed E-state index contributed by atoms with van der Waals surface area (Å²) < 4.78 is 39.5. The van der Waals surface area contributed by atoms with Crippen molar-refractivity contribution in [2.75, 3.05) is 5.73 Å². The second-order valence-electron chi connectivity index (χ2n) is 4.08. The van der Waals surface area contributed by atoms with E-state index in [1.54, 1.807) is 24.4 Å². The van der Waals surface area contributed by atoms with E-state index in [4.69, 9.17) is 5.73 Å². The predicted molar refractivity (Wildman–Crippen MR) is 66.1 cm³/mol. The first-order valence-corrected chi connectivity index (χ1v) is 5.60. The molecule has 2 N–H and O–H groups in total. The Balaban J connectivity index is 2.22. The molecule has 20 heavy (non-hydrogen) atoms. The van der Waals surface area contributed by atoms with Crippen LogP contribution < -0.4 is 5.73 Å². The zero-order chi connectivity index (χ0) is 14.3. The number of hydrogen-bond donors (Lipinski definition) is 1. The molecule has 0 saturated carbocycles. The van der Waals surface area contributed by atoms with Gasteiger partial charge in [0.15, 0.2) is 11.5 Å². The number of para-hydroxylation sites is 1. The molecule has 0 aliphatic carbocycles. The minimum atomic E-state index is -4.59. The number of hydrogen-bond acceptors (Lipinski definition) is 4. The molecule has 0 aliphatic heterocycles. The minimum absolute atomic E-state index is 0.0222. The normalized spacial score (nSPS) is 11.9. The molecule has 0 saturated heterocycles. The number of rotatable bonds is 1. The first-order chi connectivity index (χ1) is 9.45. The molecular weight excluding hydrogens is 271 g/mol. The topological polar surface area (TPSA) is 69.6 Å². The SMILES string of the molecule is Nc1nc(-n2ncc3ccccc32)cc(C(F)(F)F)n1. The summed E-state index contributed by atoms with van der Waals surface area (Å²) in [5.74, 6) is -0.472. The van der Waals surface area contributed by atoms with Crippen molar-refractivity contribution in [2.45, 2.75) is 6.18 Å². The fourth-order valence-corrected chi connectivity index (χ4v) is 1.86. The van der Waals surface area contributed by atoms with E-state index in [0.717, 1.165) is 11.5 Å². The van der Waals surface area contributed by atoms with Crippen LogP contribution in [-0.4, -0.2) is 19.7 Å². The van der Waals surface area contributed by atoms with Gasteiger partial charge in [0, 0.05) is 11.5 Å². The lowest BCUT2D eigenvalue weighted by molar-refractivity contribution is -0.141. The van der Waals surface area contributed by atoms with Gasteiger partial charge in [-0.3, -0.25) is 0 Å². The number of anilines is 1. The molecular formula is C12H8F3N5. The van der Waals surface area contributed by atoms with Crippen LogP contribution in [0.25, 0.3) is 16.7 Å². The number of nitrogen functional groups attached to an aromatic ring is 1. The number of halogens is 3. The molecule has 102 valence electrons. The largest absolute Gasteiger partial charge is 0.433 e. The Morgan fingerprint density at radius 3 is 2.60 bits per heavy atom. The molecule has 8 heteroatoms. The van der Waals surface area contributed by atoms with Crippen LogP contribution in [0.5, 0.6) is 0 Å². The maximum absolute atomic E-state index is 12.7. The summed E-state index contributed by atoms with van der Waals surface area (Å²) in [6, 6.07) is 7.91. The molecule has 0 fully saturated rings. The van der Waals surface area contributed by atoms with Gasteiger partial charge < -0.3 is 5.73 Å². The zero-order valence-electron chi connectivity index (χ0n) is 9.96. The number of alkyl halides is 3. The van der Waals surface area contributed by atoms with Gasteiger partial charge in [-0.2, -0.15) is 23.3 Å². The Bertz CT molecular complexity index is 778. The molecule has 0 amide bonds. The summed E-state index contributed by atoms with van der Waals surface area (Å²) in [6.07, 6.45) is -3.05. The molecule has 5 nitrogen and oxygen atoms in total. The highest BCUT2D eigenvalue weighted by atomic mass is 19.4.